The van der Waals surface area contributed by atoms with E-state index >= 15 is 0 Å². The summed E-state index contributed by atoms with van der Waals surface area (Å²) in [6.45, 7) is 4.82. The normalized spacial score (nSPS) is 31.9. The Morgan fingerprint density at radius 2 is 2.10 bits per heavy atom. The summed E-state index contributed by atoms with van der Waals surface area (Å²) in [5.41, 5.74) is 2.73. The van der Waals surface area contributed by atoms with Crippen LogP contribution in [0.2, 0.25) is 0 Å². The van der Waals surface area contributed by atoms with Gasteiger partial charge >= 0.3 is 5.97 Å². The van der Waals surface area contributed by atoms with E-state index in [1.807, 2.05) is 0 Å². The fourth-order valence-corrected chi connectivity index (χ4v) is 3.79. The summed E-state index contributed by atoms with van der Waals surface area (Å²) in [5.74, 6) is -0.170. The highest BCUT2D eigenvalue weighted by Gasteiger charge is 2.51. The SMILES string of the molecule is Br.CC(=O)OC1C2Cc3ccccc3C1(C)CCN2C. The summed E-state index contributed by atoms with van der Waals surface area (Å²) >= 11 is 0. The third-order valence-electron chi connectivity index (χ3n) is 4.88. The molecule has 2 aliphatic rings. The van der Waals surface area contributed by atoms with Crippen LogP contribution in [0.1, 0.15) is 31.4 Å². The van der Waals surface area contributed by atoms with Crippen molar-refractivity contribution in [1.29, 1.82) is 0 Å². The molecular formula is C16H22BrNO2. The quantitative estimate of drug-likeness (QED) is 0.737. The van der Waals surface area contributed by atoms with E-state index in [0.29, 0.717) is 6.04 Å². The molecule has 3 unspecified atom stereocenters. The van der Waals surface area contributed by atoms with Gasteiger partial charge in [-0.2, -0.15) is 0 Å². The van der Waals surface area contributed by atoms with Crippen molar-refractivity contribution in [3.63, 3.8) is 0 Å². The van der Waals surface area contributed by atoms with Crippen molar-refractivity contribution in [2.45, 2.75) is 44.2 Å². The van der Waals surface area contributed by atoms with Crippen molar-refractivity contribution in [3.8, 4) is 0 Å². The lowest BCUT2D eigenvalue weighted by atomic mass is 9.63. The maximum Gasteiger partial charge on any atom is 0.302 e. The van der Waals surface area contributed by atoms with Crippen LogP contribution in [0, 0.1) is 0 Å². The van der Waals surface area contributed by atoms with Gasteiger partial charge in [0.25, 0.3) is 0 Å². The van der Waals surface area contributed by atoms with E-state index in [4.69, 9.17) is 4.74 Å². The van der Waals surface area contributed by atoms with Crippen molar-refractivity contribution in [2.24, 2.45) is 0 Å². The Bertz CT molecular complexity index is 519. The first-order valence-electron chi connectivity index (χ1n) is 6.98. The predicted molar refractivity (Wildman–Crippen MR) is 84.4 cm³/mol. The number of rotatable bonds is 1. The van der Waals surface area contributed by atoms with Crippen LogP contribution < -0.4 is 0 Å². The van der Waals surface area contributed by atoms with E-state index in [0.717, 1.165) is 19.4 Å². The maximum absolute atomic E-state index is 11.5. The minimum atomic E-state index is -0.170. The molecule has 0 N–H and O–H groups in total. The van der Waals surface area contributed by atoms with Crippen LogP contribution >= 0.6 is 17.0 Å². The molecule has 110 valence electrons. The van der Waals surface area contributed by atoms with Crippen LogP contribution in [0.5, 0.6) is 0 Å². The summed E-state index contributed by atoms with van der Waals surface area (Å²) in [6.07, 6.45) is 1.98. The summed E-state index contributed by atoms with van der Waals surface area (Å²) in [6, 6.07) is 8.91. The summed E-state index contributed by atoms with van der Waals surface area (Å²) in [5, 5.41) is 0. The number of hydrogen-bond acceptors (Lipinski definition) is 3. The van der Waals surface area contributed by atoms with E-state index < -0.39 is 0 Å². The number of benzene rings is 1. The Kier molecular flexibility index (Phi) is 4.26. The number of piperidine rings is 1. The van der Waals surface area contributed by atoms with Gasteiger partial charge in [-0.15, -0.1) is 17.0 Å². The molecule has 0 saturated carbocycles. The second kappa shape index (κ2) is 5.49. The third kappa shape index (κ3) is 2.29. The first kappa shape index (κ1) is 15.5. The number of ether oxygens (including phenoxy) is 1. The highest BCUT2D eigenvalue weighted by Crippen LogP contribution is 2.45. The van der Waals surface area contributed by atoms with Crippen molar-refractivity contribution >= 4 is 23.0 Å². The molecule has 3 rings (SSSR count). The van der Waals surface area contributed by atoms with Crippen molar-refractivity contribution in [3.05, 3.63) is 35.4 Å². The first-order chi connectivity index (χ1) is 9.02. The van der Waals surface area contributed by atoms with Crippen LogP contribution in [0.15, 0.2) is 24.3 Å². The van der Waals surface area contributed by atoms with Gasteiger partial charge in [0.2, 0.25) is 0 Å². The molecule has 1 aliphatic carbocycles. The summed E-state index contributed by atoms with van der Waals surface area (Å²) in [4.78, 5) is 13.8. The number of likely N-dealkylation sites (N-methyl/N-ethyl adjacent to an activating group) is 1. The fourth-order valence-electron chi connectivity index (χ4n) is 3.79. The lowest BCUT2D eigenvalue weighted by Crippen LogP contribution is -2.62. The third-order valence-corrected chi connectivity index (χ3v) is 4.88. The van der Waals surface area contributed by atoms with Gasteiger partial charge in [-0.1, -0.05) is 31.2 Å². The molecule has 1 fully saturated rings. The van der Waals surface area contributed by atoms with Gasteiger partial charge < -0.3 is 4.74 Å². The van der Waals surface area contributed by atoms with E-state index in [-0.39, 0.29) is 34.5 Å². The molecule has 1 saturated heterocycles. The van der Waals surface area contributed by atoms with E-state index in [2.05, 4.69) is 43.1 Å². The molecule has 2 bridgehead atoms. The number of fused-ring (bicyclic) bond motifs is 4. The predicted octanol–water partition coefficient (Wildman–Crippen LogP) is 2.71. The van der Waals surface area contributed by atoms with Crippen LogP contribution in [0.25, 0.3) is 0 Å². The first-order valence-corrected chi connectivity index (χ1v) is 6.98. The Morgan fingerprint density at radius 1 is 1.40 bits per heavy atom. The molecule has 0 amide bonds. The highest BCUT2D eigenvalue weighted by molar-refractivity contribution is 8.93. The van der Waals surface area contributed by atoms with Crippen LogP contribution in [-0.2, 0) is 21.4 Å². The number of halogens is 1. The molecule has 1 heterocycles. The number of hydrogen-bond donors (Lipinski definition) is 0. The molecule has 1 aromatic carbocycles. The van der Waals surface area contributed by atoms with Gasteiger partial charge in [0.1, 0.15) is 6.10 Å². The van der Waals surface area contributed by atoms with Crippen LogP contribution in [-0.4, -0.2) is 36.6 Å². The van der Waals surface area contributed by atoms with Crippen molar-refractivity contribution in [1.82, 2.24) is 4.90 Å². The Labute approximate surface area is 131 Å². The zero-order valence-corrected chi connectivity index (χ0v) is 14.0. The number of nitrogens with zero attached hydrogens (tertiary/aromatic N) is 1. The molecule has 1 aliphatic heterocycles. The highest BCUT2D eigenvalue weighted by atomic mass is 79.9. The second-order valence-electron chi connectivity index (χ2n) is 6.11. The van der Waals surface area contributed by atoms with Gasteiger partial charge in [0.15, 0.2) is 0 Å². The standard InChI is InChI=1S/C16H21NO2.BrH/c1-11(18)19-15-14-10-12-6-4-5-7-13(12)16(15,2)8-9-17(14)3;/h4-7,14-15H,8-10H2,1-3H3;1H. The minimum Gasteiger partial charge on any atom is -0.460 e. The van der Waals surface area contributed by atoms with E-state index in [9.17, 15) is 4.79 Å². The van der Waals surface area contributed by atoms with Gasteiger partial charge in [-0.3, -0.25) is 9.69 Å². The fraction of sp³-hybridized carbons (Fsp3) is 0.562. The van der Waals surface area contributed by atoms with E-state index in [1.165, 1.54) is 18.1 Å². The van der Waals surface area contributed by atoms with Gasteiger partial charge in [0.05, 0.1) is 6.04 Å². The molecule has 3 nitrogen and oxygen atoms in total. The molecule has 0 spiro atoms. The number of carbonyl (C=O) groups excluding carboxylic acids is 1. The average molecular weight is 340 g/mol. The largest absolute Gasteiger partial charge is 0.460 e. The molecule has 0 radical (unpaired) electrons. The summed E-state index contributed by atoms with van der Waals surface area (Å²) in [7, 11) is 2.13. The lowest BCUT2D eigenvalue weighted by Gasteiger charge is -2.53. The molecule has 3 atom stereocenters. The maximum atomic E-state index is 11.5. The summed E-state index contributed by atoms with van der Waals surface area (Å²) < 4.78 is 5.71. The van der Waals surface area contributed by atoms with Gasteiger partial charge in [0, 0.05) is 12.3 Å². The van der Waals surface area contributed by atoms with Crippen molar-refractivity contribution < 1.29 is 9.53 Å². The lowest BCUT2D eigenvalue weighted by molar-refractivity contribution is -0.159. The van der Waals surface area contributed by atoms with Gasteiger partial charge in [-0.25, -0.2) is 0 Å². The number of carbonyl (C=O) groups is 1. The van der Waals surface area contributed by atoms with Crippen LogP contribution in [0.3, 0.4) is 0 Å². The molecule has 4 heteroatoms. The monoisotopic (exact) mass is 339 g/mol. The molecule has 20 heavy (non-hydrogen) atoms. The number of likely N-dealkylation sites (tertiary alicyclic amines) is 1. The van der Waals surface area contributed by atoms with Gasteiger partial charge in [-0.05, 0) is 37.6 Å². The smallest absolute Gasteiger partial charge is 0.302 e. The van der Waals surface area contributed by atoms with Crippen LogP contribution in [0.4, 0.5) is 0 Å². The van der Waals surface area contributed by atoms with E-state index in [1.54, 1.807) is 0 Å². The average Bonchev–Trinajstić information content (AvgIpc) is 2.37. The Hall–Kier alpha value is -0.870. The Morgan fingerprint density at radius 3 is 2.80 bits per heavy atom. The molecule has 0 aromatic heterocycles. The molecular weight excluding hydrogens is 318 g/mol. The zero-order chi connectivity index (χ0) is 13.6. The number of esters is 1. The minimum absolute atomic E-state index is 0. The Balaban J connectivity index is 0.00000147. The zero-order valence-electron chi connectivity index (χ0n) is 12.3. The van der Waals surface area contributed by atoms with Crippen molar-refractivity contribution in [2.75, 3.05) is 13.6 Å². The second-order valence-corrected chi connectivity index (χ2v) is 6.11. The topological polar surface area (TPSA) is 29.5 Å². The molecule has 1 aromatic rings.